The normalized spacial score (nSPS) is 24.7. The van der Waals surface area contributed by atoms with E-state index in [9.17, 15) is 4.39 Å². The summed E-state index contributed by atoms with van der Waals surface area (Å²) in [4.78, 5) is 2.29. The maximum absolute atomic E-state index is 13.6. The smallest absolute Gasteiger partial charge is 0.139 e. The molecule has 0 spiro atoms. The van der Waals surface area contributed by atoms with Gasteiger partial charge in [-0.2, -0.15) is 0 Å². The van der Waals surface area contributed by atoms with Gasteiger partial charge in [-0.05, 0) is 47.0 Å². The minimum Gasteiger partial charge on any atom is -0.366 e. The third-order valence-corrected chi connectivity index (χ3v) is 4.28. The lowest BCUT2D eigenvalue weighted by atomic mass is 9.99. The van der Waals surface area contributed by atoms with E-state index < -0.39 is 0 Å². The summed E-state index contributed by atoms with van der Waals surface area (Å²) in [6, 6.07) is 6.23. The van der Waals surface area contributed by atoms with Crippen LogP contribution in [0.25, 0.3) is 0 Å². The summed E-state index contributed by atoms with van der Waals surface area (Å²) in [5.41, 5.74) is 0.968. The average Bonchev–Trinajstić information content (AvgIpc) is 2.33. The molecule has 0 saturated carbocycles. The van der Waals surface area contributed by atoms with E-state index in [4.69, 9.17) is 0 Å². The lowest BCUT2D eigenvalue weighted by molar-refractivity contribution is 0.337. The van der Waals surface area contributed by atoms with Crippen LogP contribution in [-0.4, -0.2) is 25.2 Å². The van der Waals surface area contributed by atoms with E-state index in [0.717, 1.165) is 18.8 Å². The van der Waals surface area contributed by atoms with Crippen molar-refractivity contribution < 1.29 is 4.39 Å². The molecule has 0 bridgehead atoms. The number of hydrogen-bond acceptors (Lipinski definition) is 2. The van der Waals surface area contributed by atoms with Crippen LogP contribution in [0.2, 0.25) is 0 Å². The number of hydrogen-bond donors (Lipinski definition) is 1. The molecule has 100 valence electrons. The van der Waals surface area contributed by atoms with Crippen LogP contribution in [0, 0.1) is 11.7 Å². The van der Waals surface area contributed by atoms with Crippen molar-refractivity contribution in [1.29, 1.82) is 0 Å². The maximum Gasteiger partial charge on any atom is 0.139 e. The second kappa shape index (κ2) is 5.57. The van der Waals surface area contributed by atoms with E-state index >= 15 is 0 Å². The largest absolute Gasteiger partial charge is 0.366 e. The number of nitrogens with one attached hydrogen (secondary N) is 1. The topological polar surface area (TPSA) is 15.3 Å². The molecule has 1 heterocycles. The van der Waals surface area contributed by atoms with Crippen molar-refractivity contribution in [2.45, 2.75) is 32.9 Å². The Bertz CT molecular complexity index is 422. The van der Waals surface area contributed by atoms with Gasteiger partial charge in [-0.1, -0.05) is 13.8 Å². The number of halogens is 2. The molecule has 0 radical (unpaired) electrons. The Morgan fingerprint density at radius 1 is 1.44 bits per heavy atom. The van der Waals surface area contributed by atoms with Gasteiger partial charge in [-0.15, -0.1) is 0 Å². The van der Waals surface area contributed by atoms with Crippen LogP contribution >= 0.6 is 15.9 Å². The zero-order valence-electron chi connectivity index (χ0n) is 11.1. The van der Waals surface area contributed by atoms with Crippen molar-refractivity contribution in [2.75, 3.05) is 18.0 Å². The van der Waals surface area contributed by atoms with Gasteiger partial charge in [0.15, 0.2) is 0 Å². The van der Waals surface area contributed by atoms with Gasteiger partial charge in [-0.25, -0.2) is 4.39 Å². The van der Waals surface area contributed by atoms with E-state index in [1.165, 1.54) is 0 Å². The highest BCUT2D eigenvalue weighted by atomic mass is 79.9. The molecule has 2 nitrogen and oxygen atoms in total. The Hall–Kier alpha value is -0.610. The first-order valence-electron chi connectivity index (χ1n) is 6.44. The fourth-order valence-corrected chi connectivity index (χ4v) is 2.61. The predicted molar refractivity (Wildman–Crippen MR) is 77.5 cm³/mol. The first-order chi connectivity index (χ1) is 8.49. The SMILES string of the molecule is CC(C)C1CN(c2ccc(Br)c(F)c2)C(C)CN1. The molecule has 4 heteroatoms. The van der Waals surface area contributed by atoms with E-state index in [1.54, 1.807) is 12.1 Å². The number of benzene rings is 1. The molecule has 1 fully saturated rings. The fraction of sp³-hybridized carbons (Fsp3) is 0.571. The molecule has 1 saturated heterocycles. The summed E-state index contributed by atoms with van der Waals surface area (Å²) in [6.45, 7) is 8.48. The molecule has 1 aliphatic heterocycles. The van der Waals surface area contributed by atoms with Crippen LogP contribution in [0.5, 0.6) is 0 Å². The van der Waals surface area contributed by atoms with Gasteiger partial charge >= 0.3 is 0 Å². The summed E-state index contributed by atoms with van der Waals surface area (Å²) in [5, 5.41) is 3.55. The highest BCUT2D eigenvalue weighted by Crippen LogP contribution is 2.26. The van der Waals surface area contributed by atoms with Crippen LogP contribution in [0.15, 0.2) is 22.7 Å². The zero-order chi connectivity index (χ0) is 13.3. The van der Waals surface area contributed by atoms with Crippen molar-refractivity contribution in [2.24, 2.45) is 5.92 Å². The van der Waals surface area contributed by atoms with Crippen molar-refractivity contribution in [1.82, 2.24) is 5.32 Å². The Kier molecular flexibility index (Phi) is 4.28. The van der Waals surface area contributed by atoms with Crippen LogP contribution in [0.1, 0.15) is 20.8 Å². The van der Waals surface area contributed by atoms with E-state index in [1.807, 2.05) is 6.07 Å². The number of nitrogens with zero attached hydrogens (tertiary/aromatic N) is 1. The predicted octanol–water partition coefficient (Wildman–Crippen LogP) is 3.41. The van der Waals surface area contributed by atoms with Gasteiger partial charge < -0.3 is 10.2 Å². The molecule has 2 rings (SSSR count). The standard InChI is InChI=1S/C14H20BrFN2/c1-9(2)14-8-18(10(3)7-17-14)11-4-5-12(15)13(16)6-11/h4-6,9-10,14,17H,7-8H2,1-3H3. The molecule has 1 N–H and O–H groups in total. The maximum atomic E-state index is 13.6. The number of anilines is 1. The second-order valence-electron chi connectivity index (χ2n) is 5.36. The van der Waals surface area contributed by atoms with Gasteiger partial charge in [-0.3, -0.25) is 0 Å². The quantitative estimate of drug-likeness (QED) is 0.900. The van der Waals surface area contributed by atoms with E-state index in [-0.39, 0.29) is 5.82 Å². The molecular weight excluding hydrogens is 295 g/mol. The van der Waals surface area contributed by atoms with Gasteiger partial charge in [0.25, 0.3) is 0 Å². The van der Waals surface area contributed by atoms with Crippen molar-refractivity contribution in [3.05, 3.63) is 28.5 Å². The summed E-state index contributed by atoms with van der Waals surface area (Å²) in [7, 11) is 0. The molecule has 1 aromatic carbocycles. The van der Waals surface area contributed by atoms with Crippen molar-refractivity contribution in [3.8, 4) is 0 Å². The van der Waals surface area contributed by atoms with Crippen LogP contribution in [0.4, 0.5) is 10.1 Å². The zero-order valence-corrected chi connectivity index (χ0v) is 12.7. The Morgan fingerprint density at radius 2 is 2.17 bits per heavy atom. The summed E-state index contributed by atoms with van der Waals surface area (Å²) >= 11 is 3.20. The summed E-state index contributed by atoms with van der Waals surface area (Å²) < 4.78 is 14.2. The molecule has 18 heavy (non-hydrogen) atoms. The van der Waals surface area contributed by atoms with Gasteiger partial charge in [0.1, 0.15) is 5.82 Å². The average molecular weight is 315 g/mol. The molecule has 0 aromatic heterocycles. The second-order valence-corrected chi connectivity index (χ2v) is 6.21. The highest BCUT2D eigenvalue weighted by Gasteiger charge is 2.27. The minimum atomic E-state index is -0.195. The third kappa shape index (κ3) is 2.86. The molecule has 0 amide bonds. The van der Waals surface area contributed by atoms with E-state index in [0.29, 0.717) is 22.5 Å². The third-order valence-electron chi connectivity index (χ3n) is 3.64. The molecule has 1 aromatic rings. The summed E-state index contributed by atoms with van der Waals surface area (Å²) in [5.74, 6) is 0.389. The molecule has 2 unspecified atom stereocenters. The van der Waals surface area contributed by atoms with Gasteiger partial charge in [0, 0.05) is 30.9 Å². The monoisotopic (exact) mass is 314 g/mol. The van der Waals surface area contributed by atoms with Gasteiger partial charge in [0.05, 0.1) is 4.47 Å². The highest BCUT2D eigenvalue weighted by molar-refractivity contribution is 9.10. The van der Waals surface area contributed by atoms with Gasteiger partial charge in [0.2, 0.25) is 0 Å². The molecule has 0 aliphatic carbocycles. The van der Waals surface area contributed by atoms with Crippen molar-refractivity contribution >= 4 is 21.6 Å². The minimum absolute atomic E-state index is 0.195. The first kappa shape index (κ1) is 13.8. The number of piperazine rings is 1. The van der Waals surface area contributed by atoms with E-state index in [2.05, 4.69) is 46.9 Å². The van der Waals surface area contributed by atoms with Crippen LogP contribution < -0.4 is 10.2 Å². The Balaban J connectivity index is 2.21. The van der Waals surface area contributed by atoms with Crippen LogP contribution in [-0.2, 0) is 0 Å². The molecule has 2 atom stereocenters. The lowest BCUT2D eigenvalue weighted by Crippen LogP contribution is -2.57. The summed E-state index contributed by atoms with van der Waals surface area (Å²) in [6.07, 6.45) is 0. The van der Waals surface area contributed by atoms with Crippen molar-refractivity contribution in [3.63, 3.8) is 0 Å². The Morgan fingerprint density at radius 3 is 2.78 bits per heavy atom. The van der Waals surface area contributed by atoms with Crippen LogP contribution in [0.3, 0.4) is 0 Å². The number of rotatable bonds is 2. The fourth-order valence-electron chi connectivity index (χ4n) is 2.36. The lowest BCUT2D eigenvalue weighted by Gasteiger charge is -2.42. The molecular formula is C14H20BrFN2. The Labute approximate surface area is 117 Å². The first-order valence-corrected chi connectivity index (χ1v) is 7.23. The molecule has 1 aliphatic rings.